The summed E-state index contributed by atoms with van der Waals surface area (Å²) in [6, 6.07) is 0. The van der Waals surface area contributed by atoms with Crippen LogP contribution in [-0.2, 0) is 9.53 Å². The van der Waals surface area contributed by atoms with Gasteiger partial charge in [-0.25, -0.2) is 0 Å². The van der Waals surface area contributed by atoms with E-state index in [0.717, 1.165) is 12.8 Å². The maximum atomic E-state index is 11.2. The van der Waals surface area contributed by atoms with Gasteiger partial charge >= 0.3 is 5.97 Å². The van der Waals surface area contributed by atoms with E-state index >= 15 is 0 Å². The number of esters is 1. The van der Waals surface area contributed by atoms with Crippen LogP contribution >= 0.6 is 0 Å². The largest absolute Gasteiger partial charge is 0.466 e. The smallest absolute Gasteiger partial charge is 0.305 e. The van der Waals surface area contributed by atoms with Gasteiger partial charge in [0.25, 0.3) is 0 Å². The molecule has 29 heavy (non-hydrogen) atoms. The number of rotatable bonds is 24. The topological polar surface area (TPSA) is 46.5 Å². The molecule has 0 saturated heterocycles. The minimum atomic E-state index is -0.0336. The molecule has 0 aliphatic rings. The maximum absolute atomic E-state index is 11.2. The molecular formula is C26H52O3. The van der Waals surface area contributed by atoms with E-state index in [-0.39, 0.29) is 5.97 Å². The highest BCUT2D eigenvalue weighted by molar-refractivity contribution is 5.69. The molecule has 0 aromatic heterocycles. The first kappa shape index (κ1) is 28.4. The molecule has 0 aromatic carbocycles. The Morgan fingerprint density at radius 1 is 0.517 bits per heavy atom. The van der Waals surface area contributed by atoms with Crippen LogP contribution in [-0.4, -0.2) is 24.3 Å². The lowest BCUT2D eigenvalue weighted by Crippen LogP contribution is -2.03. The van der Waals surface area contributed by atoms with Crippen LogP contribution in [0.4, 0.5) is 0 Å². The molecule has 0 amide bonds. The summed E-state index contributed by atoms with van der Waals surface area (Å²) in [6.07, 6.45) is 28.6. The SMILES string of the molecule is CCOC(=O)CCCCCCCCCCCCCCCCCCCCCCCO. The Balaban J connectivity index is 3.02. The van der Waals surface area contributed by atoms with E-state index in [2.05, 4.69) is 0 Å². The summed E-state index contributed by atoms with van der Waals surface area (Å²) in [5.41, 5.74) is 0. The second-order valence-corrected chi connectivity index (χ2v) is 8.70. The highest BCUT2D eigenvalue weighted by Gasteiger charge is 2.00. The number of ether oxygens (including phenoxy) is 1. The normalized spacial score (nSPS) is 11.1. The van der Waals surface area contributed by atoms with E-state index < -0.39 is 0 Å². The summed E-state index contributed by atoms with van der Waals surface area (Å²) in [4.78, 5) is 11.2. The van der Waals surface area contributed by atoms with Crippen LogP contribution in [0, 0.1) is 0 Å². The lowest BCUT2D eigenvalue weighted by molar-refractivity contribution is -0.143. The number of unbranched alkanes of at least 4 members (excludes halogenated alkanes) is 20. The van der Waals surface area contributed by atoms with Crippen LogP contribution in [0.1, 0.15) is 148 Å². The third-order valence-electron chi connectivity index (χ3n) is 5.84. The van der Waals surface area contributed by atoms with Gasteiger partial charge < -0.3 is 9.84 Å². The van der Waals surface area contributed by atoms with Gasteiger partial charge in [0, 0.05) is 13.0 Å². The molecule has 0 aliphatic carbocycles. The van der Waals surface area contributed by atoms with Crippen LogP contribution in [0.2, 0.25) is 0 Å². The Labute approximate surface area is 182 Å². The maximum Gasteiger partial charge on any atom is 0.305 e. The predicted octanol–water partition coefficient (Wildman–Crippen LogP) is 8.12. The third-order valence-corrected chi connectivity index (χ3v) is 5.84. The van der Waals surface area contributed by atoms with Gasteiger partial charge in [0.05, 0.1) is 6.61 Å². The van der Waals surface area contributed by atoms with Crippen molar-refractivity contribution in [2.24, 2.45) is 0 Å². The summed E-state index contributed by atoms with van der Waals surface area (Å²) >= 11 is 0. The Morgan fingerprint density at radius 2 is 0.793 bits per heavy atom. The Hall–Kier alpha value is -0.570. The number of aliphatic hydroxyl groups is 1. The zero-order chi connectivity index (χ0) is 21.3. The molecule has 3 heteroatoms. The number of aliphatic hydroxyl groups excluding tert-OH is 1. The lowest BCUT2D eigenvalue weighted by atomic mass is 10.0. The van der Waals surface area contributed by atoms with Crippen molar-refractivity contribution in [3.63, 3.8) is 0 Å². The average molecular weight is 413 g/mol. The standard InChI is InChI=1S/C26H52O3/c1-2-29-26(28)24-22-20-18-16-14-12-10-8-6-4-3-5-7-9-11-13-15-17-19-21-23-25-27/h27H,2-25H2,1H3. The van der Waals surface area contributed by atoms with Crippen molar-refractivity contribution in [3.8, 4) is 0 Å². The summed E-state index contributed by atoms with van der Waals surface area (Å²) in [5, 5.41) is 8.74. The first-order valence-electron chi connectivity index (χ1n) is 13.1. The molecule has 0 spiro atoms. The van der Waals surface area contributed by atoms with E-state index in [9.17, 15) is 4.79 Å². The van der Waals surface area contributed by atoms with Gasteiger partial charge in [-0.3, -0.25) is 4.79 Å². The molecule has 3 nitrogen and oxygen atoms in total. The van der Waals surface area contributed by atoms with E-state index in [1.165, 1.54) is 122 Å². The highest BCUT2D eigenvalue weighted by atomic mass is 16.5. The number of hydrogen-bond acceptors (Lipinski definition) is 3. The minimum absolute atomic E-state index is 0.0336. The van der Waals surface area contributed by atoms with E-state index in [1.807, 2.05) is 6.92 Å². The molecule has 0 unspecified atom stereocenters. The quantitative estimate of drug-likeness (QED) is 0.129. The molecule has 0 saturated carbocycles. The van der Waals surface area contributed by atoms with E-state index in [1.54, 1.807) is 0 Å². The van der Waals surface area contributed by atoms with Crippen LogP contribution < -0.4 is 0 Å². The average Bonchev–Trinajstić information content (AvgIpc) is 2.72. The Bertz CT molecular complexity index is 317. The van der Waals surface area contributed by atoms with Crippen molar-refractivity contribution in [2.45, 2.75) is 148 Å². The molecular weight excluding hydrogens is 360 g/mol. The molecule has 0 aromatic rings. The van der Waals surface area contributed by atoms with Gasteiger partial charge in [-0.05, 0) is 19.8 Å². The third kappa shape index (κ3) is 25.4. The van der Waals surface area contributed by atoms with Crippen molar-refractivity contribution in [1.29, 1.82) is 0 Å². The molecule has 0 rings (SSSR count). The summed E-state index contributed by atoms with van der Waals surface area (Å²) in [6.45, 7) is 2.74. The second-order valence-electron chi connectivity index (χ2n) is 8.70. The van der Waals surface area contributed by atoms with Crippen molar-refractivity contribution < 1.29 is 14.6 Å². The van der Waals surface area contributed by atoms with E-state index in [0.29, 0.717) is 19.6 Å². The molecule has 0 aliphatic heterocycles. The zero-order valence-electron chi connectivity index (χ0n) is 19.7. The summed E-state index contributed by atoms with van der Waals surface area (Å²) < 4.78 is 4.94. The van der Waals surface area contributed by atoms with Gasteiger partial charge in [-0.2, -0.15) is 0 Å². The van der Waals surface area contributed by atoms with Crippen molar-refractivity contribution in [2.75, 3.05) is 13.2 Å². The number of hydrogen-bond donors (Lipinski definition) is 1. The minimum Gasteiger partial charge on any atom is -0.466 e. The molecule has 0 heterocycles. The fraction of sp³-hybridized carbons (Fsp3) is 0.962. The molecule has 1 N–H and O–H groups in total. The van der Waals surface area contributed by atoms with Crippen LogP contribution in [0.5, 0.6) is 0 Å². The van der Waals surface area contributed by atoms with Gasteiger partial charge in [0.15, 0.2) is 0 Å². The van der Waals surface area contributed by atoms with Crippen molar-refractivity contribution in [3.05, 3.63) is 0 Å². The first-order chi connectivity index (χ1) is 14.3. The molecule has 0 fully saturated rings. The van der Waals surface area contributed by atoms with Gasteiger partial charge in [-0.15, -0.1) is 0 Å². The zero-order valence-corrected chi connectivity index (χ0v) is 19.7. The number of carbonyl (C=O) groups excluding carboxylic acids is 1. The first-order valence-corrected chi connectivity index (χ1v) is 13.1. The fourth-order valence-corrected chi connectivity index (χ4v) is 3.97. The van der Waals surface area contributed by atoms with Gasteiger partial charge in [0.1, 0.15) is 0 Å². The van der Waals surface area contributed by atoms with Gasteiger partial charge in [-0.1, -0.05) is 122 Å². The van der Waals surface area contributed by atoms with Gasteiger partial charge in [0.2, 0.25) is 0 Å². The molecule has 0 atom stereocenters. The molecule has 0 radical (unpaired) electrons. The van der Waals surface area contributed by atoms with Crippen molar-refractivity contribution >= 4 is 5.97 Å². The molecule has 0 bridgehead atoms. The Kier molecular flexibility index (Phi) is 25.0. The second kappa shape index (κ2) is 25.5. The van der Waals surface area contributed by atoms with Crippen LogP contribution in [0.25, 0.3) is 0 Å². The lowest BCUT2D eigenvalue weighted by Gasteiger charge is -2.04. The Morgan fingerprint density at radius 3 is 1.07 bits per heavy atom. The molecule has 174 valence electrons. The number of carbonyl (C=O) groups is 1. The summed E-state index contributed by atoms with van der Waals surface area (Å²) in [5.74, 6) is -0.0336. The van der Waals surface area contributed by atoms with Crippen LogP contribution in [0.3, 0.4) is 0 Å². The van der Waals surface area contributed by atoms with Crippen LogP contribution in [0.15, 0.2) is 0 Å². The monoisotopic (exact) mass is 412 g/mol. The highest BCUT2D eigenvalue weighted by Crippen LogP contribution is 2.15. The van der Waals surface area contributed by atoms with E-state index in [4.69, 9.17) is 9.84 Å². The fourth-order valence-electron chi connectivity index (χ4n) is 3.97. The summed E-state index contributed by atoms with van der Waals surface area (Å²) in [7, 11) is 0. The predicted molar refractivity (Wildman–Crippen MR) is 125 cm³/mol. The van der Waals surface area contributed by atoms with Crippen molar-refractivity contribution in [1.82, 2.24) is 0 Å².